The lowest BCUT2D eigenvalue weighted by Crippen LogP contribution is -2.30. The summed E-state index contributed by atoms with van der Waals surface area (Å²) in [6, 6.07) is 1.60. The molecule has 1 aliphatic rings. The third-order valence-electron chi connectivity index (χ3n) is 2.89. The van der Waals surface area contributed by atoms with Crippen molar-refractivity contribution in [3.05, 3.63) is 22.6 Å². The highest BCUT2D eigenvalue weighted by molar-refractivity contribution is 9.09. The molecule has 0 aromatic carbocycles. The minimum Gasteiger partial charge on any atom is -0.390 e. The van der Waals surface area contributed by atoms with Gasteiger partial charge in [-0.2, -0.15) is 5.10 Å². The maximum atomic E-state index is 11.8. The van der Waals surface area contributed by atoms with Gasteiger partial charge < -0.3 is 10.0 Å². The number of aromatic nitrogens is 2. The number of hydrogen-bond donors (Lipinski definition) is 1. The molecule has 1 aromatic rings. The van der Waals surface area contributed by atoms with Crippen LogP contribution in [0.5, 0.6) is 0 Å². The van der Waals surface area contributed by atoms with Gasteiger partial charge in [-0.15, -0.1) is 0 Å². The van der Waals surface area contributed by atoms with E-state index in [4.69, 9.17) is 0 Å². The van der Waals surface area contributed by atoms with Gasteiger partial charge >= 0.3 is 0 Å². The summed E-state index contributed by atoms with van der Waals surface area (Å²) in [5, 5.41) is 14.0. The number of alkyl halides is 1. The van der Waals surface area contributed by atoms with E-state index in [1.165, 1.54) is 17.5 Å². The van der Waals surface area contributed by atoms with Crippen molar-refractivity contribution in [2.45, 2.75) is 25.5 Å². The molecular formula is C11H16BrN3O2. The number of nitrogens with zero attached hydrogens (tertiary/aromatic N) is 3. The molecule has 1 aromatic heterocycles. The Morgan fingerprint density at radius 3 is 2.76 bits per heavy atom. The van der Waals surface area contributed by atoms with Crippen molar-refractivity contribution in [2.75, 3.05) is 23.3 Å². The monoisotopic (exact) mass is 301 g/mol. The van der Waals surface area contributed by atoms with Crippen LogP contribution in [0, 0.1) is 0 Å². The Morgan fingerprint density at radius 2 is 2.18 bits per heavy atom. The molecule has 1 saturated heterocycles. The molecule has 94 valence electrons. The van der Waals surface area contributed by atoms with E-state index in [9.17, 15) is 9.90 Å². The molecule has 0 bridgehead atoms. The molecule has 1 N–H and O–H groups in total. The molecule has 0 amide bonds. The van der Waals surface area contributed by atoms with Gasteiger partial charge in [0.25, 0.3) is 5.56 Å². The standard InChI is InChI=1S/C11H16BrN3O2/c12-6-10(16)8-15-11(17)5-9(7-13-15)14-3-1-2-4-14/h5,7,10,16H,1-4,6,8H2. The van der Waals surface area contributed by atoms with Crippen LogP contribution in [-0.4, -0.2) is 39.4 Å². The molecule has 1 aliphatic heterocycles. The minimum atomic E-state index is -0.585. The fraction of sp³-hybridized carbons (Fsp3) is 0.636. The summed E-state index contributed by atoms with van der Waals surface area (Å²) in [5.41, 5.74) is 0.728. The molecule has 17 heavy (non-hydrogen) atoms. The normalized spacial score (nSPS) is 17.4. The second-order valence-electron chi connectivity index (χ2n) is 4.24. The SMILES string of the molecule is O=c1cc(N2CCCC2)cnn1CC(O)CBr. The van der Waals surface area contributed by atoms with Gasteiger partial charge in [-0.1, -0.05) is 15.9 Å². The molecule has 2 rings (SSSR count). The highest BCUT2D eigenvalue weighted by Gasteiger charge is 2.14. The molecule has 0 aliphatic carbocycles. The zero-order valence-corrected chi connectivity index (χ0v) is 11.1. The Bertz CT molecular complexity index is 429. The number of halogens is 1. The van der Waals surface area contributed by atoms with E-state index in [0.717, 1.165) is 18.8 Å². The lowest BCUT2D eigenvalue weighted by atomic mass is 10.4. The van der Waals surface area contributed by atoms with Gasteiger partial charge in [0.2, 0.25) is 0 Å². The molecule has 0 radical (unpaired) electrons. The summed E-state index contributed by atoms with van der Waals surface area (Å²) in [6.45, 7) is 2.22. The van der Waals surface area contributed by atoms with Gasteiger partial charge in [0.05, 0.1) is 24.5 Å². The summed E-state index contributed by atoms with van der Waals surface area (Å²) in [5.74, 6) is 0. The largest absolute Gasteiger partial charge is 0.390 e. The minimum absolute atomic E-state index is 0.158. The molecule has 2 heterocycles. The molecule has 1 unspecified atom stereocenters. The van der Waals surface area contributed by atoms with Gasteiger partial charge in [-0.25, -0.2) is 4.68 Å². The summed E-state index contributed by atoms with van der Waals surface area (Å²) >= 11 is 3.16. The van der Waals surface area contributed by atoms with Crippen LogP contribution in [0.15, 0.2) is 17.1 Å². The molecule has 6 heteroatoms. The van der Waals surface area contributed by atoms with E-state index >= 15 is 0 Å². The van der Waals surface area contributed by atoms with E-state index in [2.05, 4.69) is 25.9 Å². The first-order valence-corrected chi connectivity index (χ1v) is 6.89. The van der Waals surface area contributed by atoms with Crippen LogP contribution < -0.4 is 10.5 Å². The van der Waals surface area contributed by atoms with Crippen molar-refractivity contribution >= 4 is 21.6 Å². The molecule has 5 nitrogen and oxygen atoms in total. The Morgan fingerprint density at radius 1 is 1.47 bits per heavy atom. The first kappa shape index (κ1) is 12.6. The third-order valence-corrected chi connectivity index (χ3v) is 3.64. The average molecular weight is 302 g/mol. The Balaban J connectivity index is 2.13. The number of hydrogen-bond acceptors (Lipinski definition) is 4. The van der Waals surface area contributed by atoms with E-state index in [0.29, 0.717) is 5.33 Å². The molecule has 0 saturated carbocycles. The van der Waals surface area contributed by atoms with Gasteiger partial charge in [0.15, 0.2) is 0 Å². The highest BCUT2D eigenvalue weighted by atomic mass is 79.9. The number of rotatable bonds is 4. The summed E-state index contributed by atoms with van der Waals surface area (Å²) in [7, 11) is 0. The molecule has 1 atom stereocenters. The van der Waals surface area contributed by atoms with E-state index in [-0.39, 0.29) is 12.1 Å². The van der Waals surface area contributed by atoms with Crippen LogP contribution >= 0.6 is 15.9 Å². The van der Waals surface area contributed by atoms with E-state index in [1.54, 1.807) is 12.3 Å². The molecule has 1 fully saturated rings. The smallest absolute Gasteiger partial charge is 0.268 e. The van der Waals surface area contributed by atoms with Crippen LogP contribution in [0.25, 0.3) is 0 Å². The summed E-state index contributed by atoms with van der Waals surface area (Å²) < 4.78 is 1.30. The van der Waals surface area contributed by atoms with Gasteiger partial charge in [0.1, 0.15) is 0 Å². The molecular weight excluding hydrogens is 286 g/mol. The van der Waals surface area contributed by atoms with Crippen molar-refractivity contribution in [3.63, 3.8) is 0 Å². The lowest BCUT2D eigenvalue weighted by Gasteiger charge is -2.17. The van der Waals surface area contributed by atoms with Gasteiger partial charge in [-0.3, -0.25) is 4.79 Å². The van der Waals surface area contributed by atoms with Crippen molar-refractivity contribution in [2.24, 2.45) is 0 Å². The first-order valence-electron chi connectivity index (χ1n) is 5.77. The summed E-state index contributed by atoms with van der Waals surface area (Å²) in [6.07, 6.45) is 3.46. The zero-order chi connectivity index (χ0) is 12.3. The van der Waals surface area contributed by atoms with Crippen LogP contribution in [0.2, 0.25) is 0 Å². The average Bonchev–Trinajstić information content (AvgIpc) is 2.85. The van der Waals surface area contributed by atoms with Crippen molar-refractivity contribution < 1.29 is 5.11 Å². The highest BCUT2D eigenvalue weighted by Crippen LogP contribution is 2.16. The third kappa shape index (κ3) is 3.07. The fourth-order valence-electron chi connectivity index (χ4n) is 1.96. The fourth-order valence-corrected chi connectivity index (χ4v) is 2.16. The van der Waals surface area contributed by atoms with Crippen LogP contribution in [0.4, 0.5) is 5.69 Å². The maximum absolute atomic E-state index is 11.8. The maximum Gasteiger partial charge on any atom is 0.268 e. The Labute approximate surface area is 108 Å². The number of aliphatic hydroxyl groups excluding tert-OH is 1. The van der Waals surface area contributed by atoms with Crippen molar-refractivity contribution in [1.29, 1.82) is 0 Å². The van der Waals surface area contributed by atoms with E-state index < -0.39 is 6.10 Å². The first-order chi connectivity index (χ1) is 8.20. The topological polar surface area (TPSA) is 58.4 Å². The second kappa shape index (κ2) is 5.64. The van der Waals surface area contributed by atoms with Crippen LogP contribution in [-0.2, 0) is 6.54 Å². The predicted molar refractivity (Wildman–Crippen MR) is 69.7 cm³/mol. The van der Waals surface area contributed by atoms with E-state index in [1.807, 2.05) is 0 Å². The van der Waals surface area contributed by atoms with Crippen LogP contribution in [0.3, 0.4) is 0 Å². The Kier molecular flexibility index (Phi) is 4.17. The number of aliphatic hydroxyl groups is 1. The predicted octanol–water partition coefficient (Wildman–Crippen LogP) is 0.599. The lowest BCUT2D eigenvalue weighted by molar-refractivity contribution is 0.172. The Hall–Kier alpha value is -0.880. The van der Waals surface area contributed by atoms with Crippen molar-refractivity contribution in [1.82, 2.24) is 9.78 Å². The summed E-state index contributed by atoms with van der Waals surface area (Å²) in [4.78, 5) is 14.0. The van der Waals surface area contributed by atoms with Gasteiger partial charge in [-0.05, 0) is 12.8 Å². The zero-order valence-electron chi connectivity index (χ0n) is 9.55. The second-order valence-corrected chi connectivity index (χ2v) is 4.88. The van der Waals surface area contributed by atoms with Crippen LogP contribution in [0.1, 0.15) is 12.8 Å². The van der Waals surface area contributed by atoms with Gasteiger partial charge in [0, 0.05) is 24.5 Å². The van der Waals surface area contributed by atoms with Crippen molar-refractivity contribution in [3.8, 4) is 0 Å². The number of anilines is 1. The quantitative estimate of drug-likeness (QED) is 0.828. The molecule has 0 spiro atoms.